The summed E-state index contributed by atoms with van der Waals surface area (Å²) in [5.74, 6) is 2.37. The summed E-state index contributed by atoms with van der Waals surface area (Å²) in [4.78, 5) is 0. The Labute approximate surface area is 96.8 Å². The largest absolute Gasteiger partial charge is 0.496 e. The lowest BCUT2D eigenvalue weighted by Crippen LogP contribution is -2.26. The van der Waals surface area contributed by atoms with Crippen LogP contribution in [0, 0.1) is 18.8 Å². The highest BCUT2D eigenvalue weighted by Gasteiger charge is 2.65. The Morgan fingerprint density at radius 2 is 2.00 bits per heavy atom. The van der Waals surface area contributed by atoms with Crippen LogP contribution in [0.5, 0.6) is 5.75 Å². The van der Waals surface area contributed by atoms with Crippen LogP contribution in [-0.4, -0.2) is 7.11 Å². The molecule has 2 aliphatic rings. The maximum absolute atomic E-state index is 6.56. The Bertz CT molecular complexity index is 417. The third kappa shape index (κ3) is 1.17. The van der Waals surface area contributed by atoms with Gasteiger partial charge >= 0.3 is 0 Å². The molecule has 0 heterocycles. The van der Waals surface area contributed by atoms with Crippen LogP contribution in [0.2, 0.25) is 0 Å². The maximum atomic E-state index is 6.56. The topological polar surface area (TPSA) is 35.2 Å². The highest BCUT2D eigenvalue weighted by Crippen LogP contribution is 2.65. The van der Waals surface area contributed by atoms with Gasteiger partial charge in [0.2, 0.25) is 0 Å². The smallest absolute Gasteiger partial charge is 0.124 e. The van der Waals surface area contributed by atoms with E-state index in [1.807, 2.05) is 0 Å². The number of methoxy groups -OCH3 is 1. The summed E-state index contributed by atoms with van der Waals surface area (Å²) in [5.41, 5.74) is 8.93. The number of aryl methyl sites for hydroxylation is 1. The summed E-state index contributed by atoms with van der Waals surface area (Å²) in [7, 11) is 1.74. The SMILES string of the molecule is COc1cc(C)ccc1C1(N)C2CCCC21. The third-order valence-electron chi connectivity index (χ3n) is 4.46. The Morgan fingerprint density at radius 1 is 1.31 bits per heavy atom. The van der Waals surface area contributed by atoms with Crippen LogP contribution < -0.4 is 10.5 Å². The molecule has 2 nitrogen and oxygen atoms in total. The second-order valence-corrected chi connectivity index (χ2v) is 5.28. The van der Waals surface area contributed by atoms with Crippen LogP contribution in [0.15, 0.2) is 18.2 Å². The van der Waals surface area contributed by atoms with Gasteiger partial charge in [0.05, 0.1) is 12.6 Å². The zero-order chi connectivity index (χ0) is 11.3. The lowest BCUT2D eigenvalue weighted by atomic mass is 9.95. The third-order valence-corrected chi connectivity index (χ3v) is 4.46. The fourth-order valence-electron chi connectivity index (χ4n) is 3.56. The number of ether oxygens (including phenoxy) is 1. The Balaban J connectivity index is 2.01. The molecular weight excluding hydrogens is 198 g/mol. The van der Waals surface area contributed by atoms with Crippen molar-refractivity contribution in [2.75, 3.05) is 7.11 Å². The van der Waals surface area contributed by atoms with E-state index in [4.69, 9.17) is 10.5 Å². The van der Waals surface area contributed by atoms with Crippen molar-refractivity contribution in [1.29, 1.82) is 0 Å². The molecule has 0 bridgehead atoms. The first-order valence-corrected chi connectivity index (χ1v) is 6.12. The quantitative estimate of drug-likeness (QED) is 0.826. The summed E-state index contributed by atoms with van der Waals surface area (Å²) in [5, 5.41) is 0. The first-order valence-electron chi connectivity index (χ1n) is 6.12. The van der Waals surface area contributed by atoms with Gasteiger partial charge in [-0.2, -0.15) is 0 Å². The minimum Gasteiger partial charge on any atom is -0.496 e. The van der Waals surface area contributed by atoms with Crippen molar-refractivity contribution >= 4 is 0 Å². The van der Waals surface area contributed by atoms with Gasteiger partial charge in [0, 0.05) is 5.56 Å². The van der Waals surface area contributed by atoms with E-state index in [0.29, 0.717) is 11.8 Å². The Kier molecular flexibility index (Phi) is 2.05. The van der Waals surface area contributed by atoms with Crippen LogP contribution >= 0.6 is 0 Å². The average molecular weight is 217 g/mol. The van der Waals surface area contributed by atoms with Crippen molar-refractivity contribution < 1.29 is 4.74 Å². The molecule has 16 heavy (non-hydrogen) atoms. The minimum atomic E-state index is -0.0860. The van der Waals surface area contributed by atoms with Crippen molar-refractivity contribution in [3.05, 3.63) is 29.3 Å². The van der Waals surface area contributed by atoms with Crippen LogP contribution in [0.4, 0.5) is 0 Å². The van der Waals surface area contributed by atoms with E-state index in [9.17, 15) is 0 Å². The molecule has 86 valence electrons. The Morgan fingerprint density at radius 3 is 2.62 bits per heavy atom. The van der Waals surface area contributed by atoms with Crippen molar-refractivity contribution in [2.45, 2.75) is 31.7 Å². The maximum Gasteiger partial charge on any atom is 0.124 e. The van der Waals surface area contributed by atoms with Crippen molar-refractivity contribution in [3.63, 3.8) is 0 Å². The van der Waals surface area contributed by atoms with Crippen molar-refractivity contribution in [1.82, 2.24) is 0 Å². The highest BCUT2D eigenvalue weighted by atomic mass is 16.5. The fourth-order valence-corrected chi connectivity index (χ4v) is 3.56. The van der Waals surface area contributed by atoms with Gasteiger partial charge in [-0.05, 0) is 43.2 Å². The number of nitrogens with two attached hydrogens (primary N) is 1. The lowest BCUT2D eigenvalue weighted by molar-refractivity contribution is 0.395. The molecule has 0 saturated heterocycles. The fraction of sp³-hybridized carbons (Fsp3) is 0.571. The van der Waals surface area contributed by atoms with Gasteiger partial charge < -0.3 is 10.5 Å². The van der Waals surface area contributed by atoms with Crippen molar-refractivity contribution in [3.8, 4) is 5.75 Å². The van der Waals surface area contributed by atoms with Crippen LogP contribution in [0.1, 0.15) is 30.4 Å². The second-order valence-electron chi connectivity index (χ2n) is 5.28. The summed E-state index contributed by atoms with van der Waals surface area (Å²) in [6.07, 6.45) is 3.93. The average Bonchev–Trinajstić information content (AvgIpc) is 2.70. The van der Waals surface area contributed by atoms with Gasteiger partial charge in [0.15, 0.2) is 0 Å². The second kappa shape index (κ2) is 3.24. The first-order chi connectivity index (χ1) is 7.67. The van der Waals surface area contributed by atoms with Gasteiger partial charge in [0.25, 0.3) is 0 Å². The monoisotopic (exact) mass is 217 g/mol. The van der Waals surface area contributed by atoms with Crippen LogP contribution in [0.3, 0.4) is 0 Å². The molecule has 0 amide bonds. The van der Waals surface area contributed by atoms with E-state index < -0.39 is 0 Å². The van der Waals surface area contributed by atoms with E-state index in [2.05, 4.69) is 25.1 Å². The lowest BCUT2D eigenvalue weighted by Gasteiger charge is -2.19. The van der Waals surface area contributed by atoms with E-state index >= 15 is 0 Å². The zero-order valence-corrected chi connectivity index (χ0v) is 9.99. The summed E-state index contributed by atoms with van der Waals surface area (Å²) < 4.78 is 5.48. The Hall–Kier alpha value is -1.02. The number of fused-ring (bicyclic) bond motifs is 1. The number of rotatable bonds is 2. The van der Waals surface area contributed by atoms with E-state index in [-0.39, 0.29) is 5.54 Å². The molecular formula is C14H19NO. The van der Waals surface area contributed by atoms with Gasteiger partial charge in [-0.3, -0.25) is 0 Å². The number of hydrogen-bond donors (Lipinski definition) is 1. The molecule has 2 fully saturated rings. The highest BCUT2D eigenvalue weighted by molar-refractivity contribution is 5.47. The molecule has 0 aromatic heterocycles. The molecule has 2 heteroatoms. The molecule has 1 aromatic carbocycles. The van der Waals surface area contributed by atoms with Gasteiger partial charge in [-0.1, -0.05) is 18.6 Å². The van der Waals surface area contributed by atoms with E-state index in [1.54, 1.807) is 7.11 Å². The van der Waals surface area contributed by atoms with Gasteiger partial charge in [-0.25, -0.2) is 0 Å². The molecule has 2 atom stereocenters. The van der Waals surface area contributed by atoms with E-state index in [1.165, 1.54) is 30.4 Å². The molecule has 0 radical (unpaired) electrons. The molecule has 0 aliphatic heterocycles. The first kappa shape index (κ1) is 10.2. The van der Waals surface area contributed by atoms with E-state index in [0.717, 1.165) is 5.75 Å². The molecule has 2 saturated carbocycles. The molecule has 2 unspecified atom stereocenters. The summed E-state index contributed by atoms with van der Waals surface area (Å²) >= 11 is 0. The molecule has 3 rings (SSSR count). The van der Waals surface area contributed by atoms with Gasteiger partial charge in [0.1, 0.15) is 5.75 Å². The van der Waals surface area contributed by atoms with Gasteiger partial charge in [-0.15, -0.1) is 0 Å². The number of hydrogen-bond acceptors (Lipinski definition) is 2. The zero-order valence-electron chi connectivity index (χ0n) is 9.99. The summed E-state index contributed by atoms with van der Waals surface area (Å²) in [6, 6.07) is 6.39. The molecule has 2 aliphatic carbocycles. The predicted octanol–water partition coefficient (Wildman–Crippen LogP) is 2.59. The summed E-state index contributed by atoms with van der Waals surface area (Å²) in [6.45, 7) is 2.09. The molecule has 0 spiro atoms. The molecule has 2 N–H and O–H groups in total. The predicted molar refractivity (Wildman–Crippen MR) is 64.4 cm³/mol. The molecule has 1 aromatic rings. The minimum absolute atomic E-state index is 0.0860. The van der Waals surface area contributed by atoms with Crippen molar-refractivity contribution in [2.24, 2.45) is 17.6 Å². The van der Waals surface area contributed by atoms with Crippen LogP contribution in [-0.2, 0) is 5.54 Å². The van der Waals surface area contributed by atoms with Crippen LogP contribution in [0.25, 0.3) is 0 Å². The normalized spacial score (nSPS) is 35.9. The number of benzene rings is 1. The standard InChI is InChI=1S/C14H19NO/c1-9-6-7-12(13(8-9)16-2)14(15)10-4-3-5-11(10)14/h6-8,10-11H,3-5,15H2,1-2H3.